The minimum absolute atomic E-state index is 0.380. The highest BCUT2D eigenvalue weighted by atomic mass is 31.1. The van der Waals surface area contributed by atoms with Crippen LogP contribution in [0.4, 0.5) is 0 Å². The molecule has 0 saturated carbocycles. The third kappa shape index (κ3) is 2.64. The first kappa shape index (κ1) is 11.2. The van der Waals surface area contributed by atoms with Gasteiger partial charge in [0.1, 0.15) is 0 Å². The Morgan fingerprint density at radius 2 is 2.19 bits per heavy atom. The fourth-order valence-corrected chi connectivity index (χ4v) is 1.74. The predicted octanol–water partition coefficient (Wildman–Crippen LogP) is 2.11. The normalized spacial score (nSPS) is 20.2. The zero-order valence-corrected chi connectivity index (χ0v) is 9.55. The van der Waals surface area contributed by atoms with Gasteiger partial charge in [0.25, 0.3) is 6.29 Å². The minimum atomic E-state index is -2.65. The topological polar surface area (TPSA) is 68.1 Å². The third-order valence-corrected chi connectivity index (χ3v) is 2.65. The predicted molar refractivity (Wildman–Crippen MR) is 58.1 cm³/mol. The Morgan fingerprint density at radius 1 is 1.50 bits per heavy atom. The summed E-state index contributed by atoms with van der Waals surface area (Å²) in [6.45, 7) is 2.00. The molecule has 0 bridgehead atoms. The molecule has 1 aliphatic rings. The van der Waals surface area contributed by atoms with Crippen molar-refractivity contribution >= 4 is 14.0 Å². The second kappa shape index (κ2) is 4.70. The van der Waals surface area contributed by atoms with Crippen LogP contribution >= 0.6 is 8.25 Å². The summed E-state index contributed by atoms with van der Waals surface area (Å²) in [7, 11) is -2.65. The van der Waals surface area contributed by atoms with Crippen LogP contribution in [0, 0.1) is 6.92 Å². The summed E-state index contributed by atoms with van der Waals surface area (Å²) >= 11 is 0. The molecule has 0 spiro atoms. The van der Waals surface area contributed by atoms with Crippen molar-refractivity contribution in [1.29, 1.82) is 0 Å². The summed E-state index contributed by atoms with van der Waals surface area (Å²) in [6, 6.07) is 7.80. The van der Waals surface area contributed by atoms with Gasteiger partial charge in [0, 0.05) is 4.57 Å². The van der Waals surface area contributed by atoms with E-state index in [0.717, 1.165) is 16.8 Å². The van der Waals surface area contributed by atoms with Gasteiger partial charge in [-0.1, -0.05) is 39.5 Å². The molecule has 2 unspecified atom stereocenters. The summed E-state index contributed by atoms with van der Waals surface area (Å²) in [5, 5.41) is 3.82. The molecule has 0 aromatic heterocycles. The maximum absolute atomic E-state index is 10.4. The largest absolute Gasteiger partial charge is 0.698 e. The maximum atomic E-state index is 10.4. The lowest BCUT2D eigenvalue weighted by atomic mass is 10.1. The smallest absolute Gasteiger partial charge is 0.358 e. The molecule has 1 aromatic rings. The Kier molecular flexibility index (Phi) is 3.29. The molecule has 2 rings (SSSR count). The number of rotatable bonds is 3. The zero-order valence-electron chi connectivity index (χ0n) is 8.66. The fourth-order valence-electron chi connectivity index (χ4n) is 1.43. The van der Waals surface area contributed by atoms with Crippen LogP contribution in [0.2, 0.25) is 0 Å². The first-order valence-corrected chi connectivity index (χ1v) is 5.91. The average molecular weight is 240 g/mol. The Bertz CT molecular complexity index is 429. The van der Waals surface area contributed by atoms with E-state index in [4.69, 9.17) is 9.73 Å². The molecule has 0 radical (unpaired) electrons. The van der Waals surface area contributed by atoms with Crippen LogP contribution in [0.15, 0.2) is 29.4 Å². The van der Waals surface area contributed by atoms with Crippen molar-refractivity contribution in [3.05, 3.63) is 35.4 Å². The van der Waals surface area contributed by atoms with Crippen LogP contribution in [0.1, 0.15) is 17.5 Å². The van der Waals surface area contributed by atoms with Gasteiger partial charge >= 0.3 is 8.25 Å². The van der Waals surface area contributed by atoms with E-state index in [1.165, 1.54) is 0 Å². The standard InChI is InChI=1S/C10H10NO4P/c1-7-2-4-8(5-3-7)9-6-10(14-11-9)15-16(12)13/h2-5,10H,6H2,1H3/p+1. The lowest BCUT2D eigenvalue weighted by Gasteiger charge is -1.99. The molecule has 0 aliphatic carbocycles. The van der Waals surface area contributed by atoms with Gasteiger partial charge in [0.2, 0.25) is 0 Å². The summed E-state index contributed by atoms with van der Waals surface area (Å²) in [4.78, 5) is 13.4. The van der Waals surface area contributed by atoms with E-state index in [1.807, 2.05) is 31.2 Å². The number of aryl methyl sites for hydroxylation is 1. The first-order valence-electron chi connectivity index (χ1n) is 4.78. The molecule has 16 heavy (non-hydrogen) atoms. The quantitative estimate of drug-likeness (QED) is 0.821. The Balaban J connectivity index is 2.03. The van der Waals surface area contributed by atoms with Crippen molar-refractivity contribution in [1.82, 2.24) is 0 Å². The summed E-state index contributed by atoms with van der Waals surface area (Å²) in [5.74, 6) is 0. The molecule has 1 aliphatic heterocycles. The second-order valence-electron chi connectivity index (χ2n) is 3.49. The Morgan fingerprint density at radius 3 is 2.81 bits per heavy atom. The van der Waals surface area contributed by atoms with E-state index >= 15 is 0 Å². The van der Waals surface area contributed by atoms with Gasteiger partial charge in [-0.2, -0.15) is 0 Å². The number of nitrogens with zero attached hydrogens (tertiary/aromatic N) is 1. The molecule has 84 valence electrons. The van der Waals surface area contributed by atoms with Gasteiger partial charge in [0.05, 0.1) is 12.1 Å². The van der Waals surface area contributed by atoms with E-state index in [1.54, 1.807) is 0 Å². The SMILES string of the molecule is Cc1ccc(C2=NOC(O[P+](=O)O)C2)cc1. The van der Waals surface area contributed by atoms with Crippen LogP contribution < -0.4 is 0 Å². The molecule has 1 N–H and O–H groups in total. The van der Waals surface area contributed by atoms with E-state index in [-0.39, 0.29) is 0 Å². The molecule has 1 heterocycles. The van der Waals surface area contributed by atoms with E-state index in [2.05, 4.69) is 9.68 Å². The minimum Gasteiger partial charge on any atom is -0.358 e. The first-order chi connectivity index (χ1) is 7.65. The number of oxime groups is 1. The molecule has 2 atom stereocenters. The van der Waals surface area contributed by atoms with Crippen molar-refractivity contribution in [2.45, 2.75) is 19.6 Å². The molecule has 6 heteroatoms. The number of benzene rings is 1. The summed E-state index contributed by atoms with van der Waals surface area (Å²) in [5.41, 5.74) is 2.82. The second-order valence-corrected chi connectivity index (χ2v) is 4.17. The van der Waals surface area contributed by atoms with Gasteiger partial charge in [-0.05, 0) is 12.5 Å². The zero-order chi connectivity index (χ0) is 11.5. The van der Waals surface area contributed by atoms with Crippen molar-refractivity contribution < 1.29 is 18.8 Å². The molecular formula is C10H11NO4P+. The highest BCUT2D eigenvalue weighted by molar-refractivity contribution is 7.32. The molecular weight excluding hydrogens is 229 g/mol. The van der Waals surface area contributed by atoms with Crippen molar-refractivity contribution in [3.8, 4) is 0 Å². The van der Waals surface area contributed by atoms with Crippen LogP contribution in [0.3, 0.4) is 0 Å². The van der Waals surface area contributed by atoms with Crippen molar-refractivity contribution in [2.24, 2.45) is 5.16 Å². The van der Waals surface area contributed by atoms with Gasteiger partial charge < -0.3 is 4.84 Å². The molecule has 0 saturated heterocycles. The van der Waals surface area contributed by atoms with Gasteiger partial charge in [-0.15, -0.1) is 4.89 Å². The van der Waals surface area contributed by atoms with Crippen molar-refractivity contribution in [2.75, 3.05) is 0 Å². The van der Waals surface area contributed by atoms with Crippen LogP contribution in [0.5, 0.6) is 0 Å². The lowest BCUT2D eigenvalue weighted by Crippen LogP contribution is -2.09. The Hall–Kier alpha value is -1.29. The Labute approximate surface area is 93.6 Å². The monoisotopic (exact) mass is 240 g/mol. The molecule has 1 aromatic carbocycles. The number of hydrogen-bond acceptors (Lipinski definition) is 4. The van der Waals surface area contributed by atoms with E-state index in [9.17, 15) is 4.57 Å². The van der Waals surface area contributed by atoms with E-state index in [0.29, 0.717) is 6.42 Å². The highest BCUT2D eigenvalue weighted by Crippen LogP contribution is 2.26. The lowest BCUT2D eigenvalue weighted by molar-refractivity contribution is -0.0578. The van der Waals surface area contributed by atoms with Gasteiger partial charge in [0.15, 0.2) is 0 Å². The third-order valence-electron chi connectivity index (χ3n) is 2.23. The summed E-state index contributed by atoms with van der Waals surface area (Å²) < 4.78 is 15.1. The van der Waals surface area contributed by atoms with Gasteiger partial charge in [-0.25, -0.2) is 0 Å². The molecule has 0 fully saturated rings. The molecule has 0 amide bonds. The molecule has 5 nitrogen and oxygen atoms in total. The van der Waals surface area contributed by atoms with Crippen molar-refractivity contribution in [3.63, 3.8) is 0 Å². The summed E-state index contributed by atoms with van der Waals surface area (Å²) in [6.07, 6.45) is -0.380. The fraction of sp³-hybridized carbons (Fsp3) is 0.300. The number of hydrogen-bond donors (Lipinski definition) is 1. The van der Waals surface area contributed by atoms with Crippen LogP contribution in [-0.4, -0.2) is 16.9 Å². The van der Waals surface area contributed by atoms with Gasteiger partial charge in [-0.3, -0.25) is 0 Å². The van der Waals surface area contributed by atoms with Crippen LogP contribution in [0.25, 0.3) is 0 Å². The highest BCUT2D eigenvalue weighted by Gasteiger charge is 2.31. The van der Waals surface area contributed by atoms with Crippen LogP contribution in [-0.2, 0) is 13.9 Å². The maximum Gasteiger partial charge on any atom is 0.698 e. The van der Waals surface area contributed by atoms with E-state index < -0.39 is 14.5 Å². The average Bonchev–Trinajstić information content (AvgIpc) is 2.66.